The Morgan fingerprint density at radius 2 is 2.19 bits per heavy atom. The lowest BCUT2D eigenvalue weighted by molar-refractivity contribution is 0.167. The molecule has 0 amide bonds. The molecule has 1 atom stereocenters. The first kappa shape index (κ1) is 11.7. The summed E-state index contributed by atoms with van der Waals surface area (Å²) in [5.41, 5.74) is 2.16. The van der Waals surface area contributed by atoms with Crippen molar-refractivity contribution in [3.8, 4) is 0 Å². The smallest absolute Gasteiger partial charge is 0.156 e. The van der Waals surface area contributed by atoms with Gasteiger partial charge in [0.05, 0.1) is 27.5 Å². The first-order chi connectivity index (χ1) is 7.54. The summed E-state index contributed by atoms with van der Waals surface area (Å²) < 4.78 is 1.76. The quantitative estimate of drug-likeness (QED) is 0.897. The van der Waals surface area contributed by atoms with E-state index in [1.54, 1.807) is 16.7 Å². The monoisotopic (exact) mass is 258 g/mol. The summed E-state index contributed by atoms with van der Waals surface area (Å²) in [5, 5.41) is 10.9. The van der Waals surface area contributed by atoms with Crippen LogP contribution in [-0.2, 0) is 0 Å². The lowest BCUT2D eigenvalue weighted by atomic mass is 10.2. The van der Waals surface area contributed by atoms with Gasteiger partial charge in [-0.3, -0.25) is 4.40 Å². The van der Waals surface area contributed by atoms with Gasteiger partial charge in [0.2, 0.25) is 0 Å². The minimum atomic E-state index is -0.551. The highest BCUT2D eigenvalue weighted by Crippen LogP contribution is 2.28. The van der Waals surface area contributed by atoms with E-state index in [1.807, 2.05) is 13.8 Å². The summed E-state index contributed by atoms with van der Waals surface area (Å²) in [6, 6.07) is 1.65. The van der Waals surface area contributed by atoms with Crippen molar-refractivity contribution in [2.24, 2.45) is 0 Å². The van der Waals surface area contributed by atoms with Crippen LogP contribution in [0.4, 0.5) is 0 Å². The molecule has 0 aliphatic rings. The van der Waals surface area contributed by atoms with Crippen LogP contribution in [0.2, 0.25) is 10.0 Å². The Morgan fingerprint density at radius 1 is 1.50 bits per heavy atom. The lowest BCUT2D eigenvalue weighted by Crippen LogP contribution is -2.02. The van der Waals surface area contributed by atoms with Gasteiger partial charge in [-0.25, -0.2) is 4.98 Å². The van der Waals surface area contributed by atoms with Gasteiger partial charge in [-0.2, -0.15) is 0 Å². The van der Waals surface area contributed by atoms with Gasteiger partial charge in [0, 0.05) is 6.20 Å². The molecule has 16 heavy (non-hydrogen) atoms. The number of aromatic nitrogens is 2. The number of imidazole rings is 1. The summed E-state index contributed by atoms with van der Waals surface area (Å²) in [6.45, 7) is 3.76. The van der Waals surface area contributed by atoms with Crippen molar-refractivity contribution in [3.05, 3.63) is 33.7 Å². The van der Waals surface area contributed by atoms with E-state index in [1.165, 1.54) is 0 Å². The van der Waals surface area contributed by atoms with Gasteiger partial charge in [0.15, 0.2) is 5.65 Å². The van der Waals surface area contributed by atoms with Gasteiger partial charge in [0.25, 0.3) is 0 Å². The van der Waals surface area contributed by atoms with Crippen molar-refractivity contribution >= 4 is 28.8 Å². The van der Waals surface area contributed by atoms with Crippen molar-refractivity contribution in [2.75, 3.05) is 0 Å². The summed E-state index contributed by atoms with van der Waals surface area (Å²) in [6.07, 6.45) is 1.79. The Balaban J connectivity index is 2.78. The summed E-state index contributed by atoms with van der Waals surface area (Å²) in [5.74, 6) is 0. The zero-order valence-electron chi connectivity index (χ0n) is 9.04. The molecule has 0 spiro atoms. The fourth-order valence-corrected chi connectivity index (χ4v) is 2.31. The third-order valence-corrected chi connectivity index (χ3v) is 3.05. The number of halogens is 2. The largest absolute Gasteiger partial charge is 0.387 e. The van der Waals surface area contributed by atoms with E-state index >= 15 is 0 Å². The Morgan fingerprint density at radius 3 is 2.81 bits per heavy atom. The molecule has 0 aromatic carbocycles. The molecule has 0 radical (unpaired) electrons. The molecule has 0 saturated heterocycles. The highest BCUT2D eigenvalue weighted by Gasteiger charge is 2.17. The Kier molecular flexibility index (Phi) is 3.10. The van der Waals surface area contributed by atoms with Crippen molar-refractivity contribution in [1.29, 1.82) is 0 Å². The van der Waals surface area contributed by atoms with Crippen LogP contribution in [0.25, 0.3) is 5.65 Å². The van der Waals surface area contributed by atoms with Crippen LogP contribution in [0.5, 0.6) is 0 Å². The number of aliphatic hydroxyl groups is 1. The zero-order valence-corrected chi connectivity index (χ0v) is 10.5. The topological polar surface area (TPSA) is 37.5 Å². The maximum Gasteiger partial charge on any atom is 0.156 e. The number of pyridine rings is 1. The SMILES string of the molecule is CCC(O)c1c(C)nc2c(Cl)cc(Cl)cn12. The van der Waals surface area contributed by atoms with Crippen LogP contribution in [0.15, 0.2) is 12.3 Å². The van der Waals surface area contributed by atoms with E-state index in [0.29, 0.717) is 22.1 Å². The van der Waals surface area contributed by atoms with E-state index < -0.39 is 6.10 Å². The molecule has 2 heterocycles. The van der Waals surface area contributed by atoms with Gasteiger partial charge in [-0.15, -0.1) is 0 Å². The van der Waals surface area contributed by atoms with Gasteiger partial charge in [0.1, 0.15) is 0 Å². The lowest BCUT2D eigenvalue weighted by Gasteiger charge is -2.09. The summed E-state index contributed by atoms with van der Waals surface area (Å²) in [7, 11) is 0. The van der Waals surface area contributed by atoms with Crippen LogP contribution < -0.4 is 0 Å². The van der Waals surface area contributed by atoms with Gasteiger partial charge >= 0.3 is 0 Å². The van der Waals surface area contributed by atoms with E-state index in [9.17, 15) is 5.11 Å². The minimum Gasteiger partial charge on any atom is -0.387 e. The average molecular weight is 259 g/mol. The maximum absolute atomic E-state index is 9.93. The minimum absolute atomic E-state index is 0.491. The van der Waals surface area contributed by atoms with Crippen LogP contribution in [-0.4, -0.2) is 14.5 Å². The molecule has 1 unspecified atom stereocenters. The number of hydrogen-bond donors (Lipinski definition) is 1. The standard InChI is InChI=1S/C11H12Cl2N2O/c1-3-9(16)10-6(2)14-11-8(13)4-7(12)5-15(10)11/h4-5,9,16H,3H2,1-2H3. The molecule has 5 heteroatoms. The van der Waals surface area contributed by atoms with Gasteiger partial charge in [-0.1, -0.05) is 30.1 Å². The molecule has 2 aromatic heterocycles. The van der Waals surface area contributed by atoms with Crippen molar-refractivity contribution in [2.45, 2.75) is 26.4 Å². The molecule has 2 aromatic rings. The summed E-state index contributed by atoms with van der Waals surface area (Å²) in [4.78, 5) is 4.34. The van der Waals surface area contributed by atoms with E-state index in [2.05, 4.69) is 4.98 Å². The molecule has 0 fully saturated rings. The number of aryl methyl sites for hydroxylation is 1. The molecule has 2 rings (SSSR count). The van der Waals surface area contributed by atoms with E-state index in [-0.39, 0.29) is 0 Å². The third kappa shape index (κ3) is 1.79. The molecular weight excluding hydrogens is 247 g/mol. The molecule has 0 aliphatic heterocycles. The second-order valence-electron chi connectivity index (χ2n) is 3.71. The van der Waals surface area contributed by atoms with Crippen molar-refractivity contribution < 1.29 is 5.11 Å². The first-order valence-corrected chi connectivity index (χ1v) is 5.81. The molecule has 0 saturated carbocycles. The number of nitrogens with zero attached hydrogens (tertiary/aromatic N) is 2. The highest BCUT2D eigenvalue weighted by molar-refractivity contribution is 6.36. The molecule has 1 N–H and O–H groups in total. The maximum atomic E-state index is 9.93. The van der Waals surface area contributed by atoms with Gasteiger partial charge < -0.3 is 5.11 Å². The van der Waals surface area contributed by atoms with Crippen molar-refractivity contribution in [1.82, 2.24) is 9.38 Å². The van der Waals surface area contributed by atoms with E-state index in [4.69, 9.17) is 23.2 Å². The molecule has 0 bridgehead atoms. The summed E-state index contributed by atoms with van der Waals surface area (Å²) >= 11 is 12.0. The fourth-order valence-electron chi connectivity index (χ4n) is 1.80. The van der Waals surface area contributed by atoms with Crippen LogP contribution in [0.1, 0.15) is 30.8 Å². The van der Waals surface area contributed by atoms with Crippen molar-refractivity contribution in [3.63, 3.8) is 0 Å². The number of aliphatic hydroxyl groups excluding tert-OH is 1. The van der Waals surface area contributed by atoms with Crippen LogP contribution in [0.3, 0.4) is 0 Å². The van der Waals surface area contributed by atoms with Crippen LogP contribution in [0, 0.1) is 6.92 Å². The average Bonchev–Trinajstić information content (AvgIpc) is 2.54. The fraction of sp³-hybridized carbons (Fsp3) is 0.364. The Hall–Kier alpha value is -0.770. The molecule has 0 aliphatic carbocycles. The second kappa shape index (κ2) is 4.24. The zero-order chi connectivity index (χ0) is 11.9. The predicted molar refractivity (Wildman–Crippen MR) is 65.2 cm³/mol. The van der Waals surface area contributed by atoms with Gasteiger partial charge in [-0.05, 0) is 19.4 Å². The molecule has 86 valence electrons. The van der Waals surface area contributed by atoms with Crippen LogP contribution >= 0.6 is 23.2 Å². The number of fused-ring (bicyclic) bond motifs is 1. The number of hydrogen-bond acceptors (Lipinski definition) is 2. The number of rotatable bonds is 2. The Labute approximate surface area is 104 Å². The normalized spacial score (nSPS) is 13.3. The molecule has 3 nitrogen and oxygen atoms in total. The Bertz CT molecular complexity index is 536. The highest BCUT2D eigenvalue weighted by atomic mass is 35.5. The predicted octanol–water partition coefficient (Wildman–Crippen LogP) is 3.39. The third-order valence-electron chi connectivity index (χ3n) is 2.57. The first-order valence-electron chi connectivity index (χ1n) is 5.06. The van der Waals surface area contributed by atoms with E-state index in [0.717, 1.165) is 11.4 Å². The second-order valence-corrected chi connectivity index (χ2v) is 4.55. The molecular formula is C11H12Cl2N2O.